The van der Waals surface area contributed by atoms with Crippen molar-refractivity contribution in [2.75, 3.05) is 13.1 Å². The van der Waals surface area contributed by atoms with Gasteiger partial charge < -0.3 is 14.7 Å². The molecule has 188 valence electrons. The smallest absolute Gasteiger partial charge is 0.253 e. The van der Waals surface area contributed by atoms with Gasteiger partial charge in [-0.15, -0.1) is 0 Å². The van der Waals surface area contributed by atoms with Gasteiger partial charge in [0.15, 0.2) is 0 Å². The molecular formula is C29H27FN4O3. The summed E-state index contributed by atoms with van der Waals surface area (Å²) in [5, 5.41) is 6.96. The van der Waals surface area contributed by atoms with Crippen LogP contribution in [0, 0.1) is 12.7 Å². The molecule has 4 aromatic rings. The minimum Gasteiger partial charge on any atom is -0.348 e. The Morgan fingerprint density at radius 2 is 1.59 bits per heavy atom. The zero-order valence-electron chi connectivity index (χ0n) is 20.5. The van der Waals surface area contributed by atoms with Gasteiger partial charge in [-0.05, 0) is 61.7 Å². The molecule has 7 nitrogen and oxygen atoms in total. The zero-order valence-corrected chi connectivity index (χ0v) is 20.5. The van der Waals surface area contributed by atoms with Crippen LogP contribution in [0.4, 0.5) is 4.39 Å². The molecule has 3 aromatic carbocycles. The van der Waals surface area contributed by atoms with E-state index >= 15 is 0 Å². The fourth-order valence-corrected chi connectivity index (χ4v) is 4.38. The molecule has 0 atom stereocenters. The van der Waals surface area contributed by atoms with Crippen LogP contribution >= 0.6 is 0 Å². The topological polar surface area (TPSA) is 88.3 Å². The second-order valence-electron chi connectivity index (χ2n) is 9.28. The maximum atomic E-state index is 13.0. The maximum Gasteiger partial charge on any atom is 0.253 e. The summed E-state index contributed by atoms with van der Waals surface area (Å²) in [7, 11) is 0. The largest absolute Gasteiger partial charge is 0.348 e. The number of aromatic nitrogens is 2. The molecule has 0 bridgehead atoms. The van der Waals surface area contributed by atoms with Crippen molar-refractivity contribution in [3.05, 3.63) is 107 Å². The molecule has 2 heterocycles. The average molecular weight is 499 g/mol. The Kier molecular flexibility index (Phi) is 7.07. The second-order valence-corrected chi connectivity index (χ2v) is 9.28. The number of rotatable bonds is 6. The first-order valence-corrected chi connectivity index (χ1v) is 12.3. The van der Waals surface area contributed by atoms with Crippen molar-refractivity contribution in [3.63, 3.8) is 0 Å². The maximum absolute atomic E-state index is 13.0. The molecule has 1 aromatic heterocycles. The number of carbonyl (C=O) groups excluding carboxylic acids is 2. The summed E-state index contributed by atoms with van der Waals surface area (Å²) >= 11 is 0. The van der Waals surface area contributed by atoms with Gasteiger partial charge in [-0.1, -0.05) is 47.1 Å². The highest BCUT2D eigenvalue weighted by Crippen LogP contribution is 2.29. The van der Waals surface area contributed by atoms with Crippen molar-refractivity contribution in [1.29, 1.82) is 0 Å². The Balaban J connectivity index is 1.16. The number of aryl methyl sites for hydroxylation is 1. The molecule has 0 aliphatic carbocycles. The molecule has 5 rings (SSSR count). The number of carbonyl (C=O) groups is 2. The van der Waals surface area contributed by atoms with Crippen LogP contribution in [0.1, 0.15) is 56.5 Å². The van der Waals surface area contributed by atoms with Gasteiger partial charge in [0, 0.05) is 42.2 Å². The van der Waals surface area contributed by atoms with Crippen LogP contribution in [0.25, 0.3) is 11.4 Å². The fraction of sp³-hybridized carbons (Fsp3) is 0.241. The minimum atomic E-state index is -0.311. The molecular weight excluding hydrogens is 471 g/mol. The van der Waals surface area contributed by atoms with E-state index in [0.29, 0.717) is 42.5 Å². The number of halogens is 1. The molecule has 2 amide bonds. The number of benzene rings is 3. The number of nitrogens with zero attached hydrogens (tertiary/aromatic N) is 3. The third-order valence-electron chi connectivity index (χ3n) is 6.64. The monoisotopic (exact) mass is 498 g/mol. The quantitative estimate of drug-likeness (QED) is 0.398. The first kappa shape index (κ1) is 24.4. The van der Waals surface area contributed by atoms with Gasteiger partial charge in [0.05, 0.1) is 0 Å². The predicted molar refractivity (Wildman–Crippen MR) is 136 cm³/mol. The first-order chi connectivity index (χ1) is 18.0. The number of hydrogen-bond donors (Lipinski definition) is 1. The summed E-state index contributed by atoms with van der Waals surface area (Å²) in [5.41, 5.74) is 3.90. The van der Waals surface area contributed by atoms with E-state index in [1.807, 2.05) is 36.1 Å². The lowest BCUT2D eigenvalue weighted by Crippen LogP contribution is -2.38. The Morgan fingerprint density at radius 3 is 2.27 bits per heavy atom. The normalized spacial score (nSPS) is 13.9. The van der Waals surface area contributed by atoms with Gasteiger partial charge in [0.2, 0.25) is 11.7 Å². The van der Waals surface area contributed by atoms with E-state index < -0.39 is 0 Å². The van der Waals surface area contributed by atoms with Crippen LogP contribution in [0.2, 0.25) is 0 Å². The molecule has 0 radical (unpaired) electrons. The highest BCUT2D eigenvalue weighted by molar-refractivity contribution is 5.95. The van der Waals surface area contributed by atoms with Gasteiger partial charge in [0.1, 0.15) is 5.82 Å². The SMILES string of the molecule is Cc1ccc(C(=O)N2CCC(c3nc(-c4ccc(C(=O)NCc5ccc(F)cc5)cc4)no3)CC2)cc1. The van der Waals surface area contributed by atoms with E-state index in [1.165, 1.54) is 12.1 Å². The number of hydrogen-bond acceptors (Lipinski definition) is 5. The Hall–Kier alpha value is -4.33. The Morgan fingerprint density at radius 1 is 0.946 bits per heavy atom. The van der Waals surface area contributed by atoms with Crippen molar-refractivity contribution >= 4 is 11.8 Å². The van der Waals surface area contributed by atoms with Crippen molar-refractivity contribution in [3.8, 4) is 11.4 Å². The number of nitrogens with one attached hydrogen (secondary N) is 1. The lowest BCUT2D eigenvalue weighted by atomic mass is 9.96. The molecule has 37 heavy (non-hydrogen) atoms. The third-order valence-corrected chi connectivity index (χ3v) is 6.64. The molecule has 0 saturated carbocycles. The van der Waals surface area contributed by atoms with Crippen molar-refractivity contribution in [1.82, 2.24) is 20.4 Å². The van der Waals surface area contributed by atoms with Crippen molar-refractivity contribution < 1.29 is 18.5 Å². The van der Waals surface area contributed by atoms with Crippen molar-refractivity contribution in [2.45, 2.75) is 32.2 Å². The van der Waals surface area contributed by atoms with Crippen LogP contribution in [0.3, 0.4) is 0 Å². The second kappa shape index (κ2) is 10.7. The average Bonchev–Trinajstić information content (AvgIpc) is 3.43. The highest BCUT2D eigenvalue weighted by Gasteiger charge is 2.28. The lowest BCUT2D eigenvalue weighted by molar-refractivity contribution is 0.0704. The molecule has 0 unspecified atom stereocenters. The van der Waals surface area contributed by atoms with Crippen molar-refractivity contribution in [2.24, 2.45) is 0 Å². The summed E-state index contributed by atoms with van der Waals surface area (Å²) in [6.45, 7) is 3.58. The van der Waals surface area contributed by atoms with Gasteiger partial charge in [-0.25, -0.2) is 4.39 Å². The highest BCUT2D eigenvalue weighted by atomic mass is 19.1. The van der Waals surface area contributed by atoms with E-state index in [2.05, 4.69) is 15.5 Å². The van der Waals surface area contributed by atoms with E-state index in [-0.39, 0.29) is 23.5 Å². The van der Waals surface area contributed by atoms with E-state index in [4.69, 9.17) is 4.52 Å². The molecule has 1 N–H and O–H groups in total. The number of amides is 2. The summed E-state index contributed by atoms with van der Waals surface area (Å²) in [6.07, 6.45) is 1.51. The lowest BCUT2D eigenvalue weighted by Gasteiger charge is -2.30. The number of piperidine rings is 1. The number of likely N-dealkylation sites (tertiary alicyclic amines) is 1. The van der Waals surface area contributed by atoms with Gasteiger partial charge in [-0.3, -0.25) is 9.59 Å². The fourth-order valence-electron chi connectivity index (χ4n) is 4.38. The van der Waals surface area contributed by atoms with Crippen LogP contribution in [-0.2, 0) is 6.54 Å². The zero-order chi connectivity index (χ0) is 25.8. The van der Waals surface area contributed by atoms with Crippen LogP contribution in [-0.4, -0.2) is 39.9 Å². The van der Waals surface area contributed by atoms with Gasteiger partial charge in [0.25, 0.3) is 11.8 Å². The summed E-state index contributed by atoms with van der Waals surface area (Å²) < 4.78 is 18.6. The summed E-state index contributed by atoms with van der Waals surface area (Å²) in [4.78, 5) is 31.7. The molecule has 0 spiro atoms. The third kappa shape index (κ3) is 5.74. The first-order valence-electron chi connectivity index (χ1n) is 12.3. The standard InChI is InChI=1S/C29H27FN4O3/c1-19-2-6-24(7-3-19)29(36)34-16-14-23(15-17-34)28-32-26(33-37-28)21-8-10-22(11-9-21)27(35)31-18-20-4-12-25(30)13-5-20/h2-13,23H,14-18H2,1H3,(H,31,35). The summed E-state index contributed by atoms with van der Waals surface area (Å²) in [5.74, 6) is 0.641. The predicted octanol–water partition coefficient (Wildman–Crippen LogP) is 5.13. The van der Waals surface area contributed by atoms with Gasteiger partial charge in [-0.2, -0.15) is 4.98 Å². The molecule has 1 aliphatic heterocycles. The van der Waals surface area contributed by atoms with E-state index in [9.17, 15) is 14.0 Å². The summed E-state index contributed by atoms with van der Waals surface area (Å²) in [6, 6.07) is 20.6. The molecule has 1 saturated heterocycles. The minimum absolute atomic E-state index is 0.0476. The van der Waals surface area contributed by atoms with Gasteiger partial charge >= 0.3 is 0 Å². The van der Waals surface area contributed by atoms with Crippen LogP contribution in [0.5, 0.6) is 0 Å². The Labute approximate surface area is 214 Å². The van der Waals surface area contributed by atoms with Crippen LogP contribution < -0.4 is 5.32 Å². The van der Waals surface area contributed by atoms with E-state index in [1.54, 1.807) is 36.4 Å². The Bertz CT molecular complexity index is 1370. The molecule has 1 aliphatic rings. The molecule has 1 fully saturated rings. The van der Waals surface area contributed by atoms with Crippen LogP contribution in [0.15, 0.2) is 77.3 Å². The molecule has 8 heteroatoms. The van der Waals surface area contributed by atoms with E-state index in [0.717, 1.165) is 29.5 Å².